The maximum Gasteiger partial charge on any atom is 0.344 e. The van der Waals surface area contributed by atoms with E-state index in [-0.39, 0.29) is 13.2 Å². The molecule has 0 saturated heterocycles. The number of para-hydroxylation sites is 2. The molecule has 0 aliphatic rings. The molecule has 0 saturated carbocycles. The van der Waals surface area contributed by atoms with E-state index in [2.05, 4.69) is 15.5 Å². The first-order valence-corrected chi connectivity index (χ1v) is 6.99. The Morgan fingerprint density at radius 1 is 1.00 bits per heavy atom. The van der Waals surface area contributed by atoms with Gasteiger partial charge in [-0.2, -0.15) is 4.68 Å². The van der Waals surface area contributed by atoms with Gasteiger partial charge in [-0.05, 0) is 34.7 Å². The highest BCUT2D eigenvalue weighted by Gasteiger charge is 2.11. The smallest absolute Gasteiger partial charge is 0.344 e. The average Bonchev–Trinajstić information content (AvgIpc) is 3.08. The van der Waals surface area contributed by atoms with Crippen molar-refractivity contribution < 1.29 is 14.3 Å². The third-order valence-corrected chi connectivity index (χ3v) is 3.00. The quantitative estimate of drug-likeness (QED) is 0.646. The van der Waals surface area contributed by atoms with Crippen LogP contribution in [0.5, 0.6) is 5.75 Å². The van der Waals surface area contributed by atoms with Gasteiger partial charge in [-0.15, -0.1) is 5.10 Å². The van der Waals surface area contributed by atoms with E-state index in [0.29, 0.717) is 11.6 Å². The van der Waals surface area contributed by atoms with Crippen molar-refractivity contribution in [1.29, 1.82) is 0 Å². The van der Waals surface area contributed by atoms with Crippen LogP contribution < -0.4 is 4.74 Å². The van der Waals surface area contributed by atoms with Gasteiger partial charge in [0, 0.05) is 0 Å². The Balaban J connectivity index is 1.55. The minimum atomic E-state index is -0.489. The fraction of sp³-hybridized carbons (Fsp3) is 0.125. The molecule has 1 aromatic heterocycles. The molecule has 0 bridgehead atoms. The van der Waals surface area contributed by atoms with Crippen LogP contribution in [0.25, 0.3) is 5.69 Å². The summed E-state index contributed by atoms with van der Waals surface area (Å²) in [5.74, 6) is 0.555. The molecule has 0 aliphatic heterocycles. The summed E-state index contributed by atoms with van der Waals surface area (Å²) in [5.41, 5.74) is 0.795. The van der Waals surface area contributed by atoms with E-state index >= 15 is 0 Å². The van der Waals surface area contributed by atoms with E-state index in [1.54, 1.807) is 12.1 Å². The van der Waals surface area contributed by atoms with E-state index in [0.717, 1.165) is 5.69 Å². The maximum absolute atomic E-state index is 11.7. The molecular formula is C16H14N4O3. The number of carbonyl (C=O) groups excluding carboxylic acids is 1. The third kappa shape index (κ3) is 3.91. The normalized spacial score (nSPS) is 10.3. The molecule has 7 heteroatoms. The van der Waals surface area contributed by atoms with Gasteiger partial charge < -0.3 is 9.47 Å². The Morgan fingerprint density at radius 3 is 2.43 bits per heavy atom. The lowest BCUT2D eigenvalue weighted by Gasteiger charge is -2.07. The summed E-state index contributed by atoms with van der Waals surface area (Å²) in [6, 6.07) is 18.4. The first-order chi connectivity index (χ1) is 11.3. The van der Waals surface area contributed by atoms with Crippen LogP contribution in [-0.4, -0.2) is 32.8 Å². The Bertz CT molecular complexity index is 759. The maximum atomic E-state index is 11.7. The molecule has 2 aromatic carbocycles. The summed E-state index contributed by atoms with van der Waals surface area (Å²) in [7, 11) is 0. The van der Waals surface area contributed by atoms with Crippen LogP contribution >= 0.6 is 0 Å². The van der Waals surface area contributed by atoms with Crippen LogP contribution in [0.1, 0.15) is 5.82 Å². The highest BCUT2D eigenvalue weighted by Crippen LogP contribution is 2.09. The second-order valence-corrected chi connectivity index (χ2v) is 4.60. The van der Waals surface area contributed by atoms with Crippen molar-refractivity contribution >= 4 is 5.97 Å². The molecular weight excluding hydrogens is 296 g/mol. The van der Waals surface area contributed by atoms with E-state index < -0.39 is 5.97 Å². The van der Waals surface area contributed by atoms with Crippen LogP contribution in [-0.2, 0) is 16.1 Å². The summed E-state index contributed by atoms with van der Waals surface area (Å²) < 4.78 is 12.0. The van der Waals surface area contributed by atoms with Crippen molar-refractivity contribution in [3.63, 3.8) is 0 Å². The third-order valence-electron chi connectivity index (χ3n) is 3.00. The van der Waals surface area contributed by atoms with Crippen LogP contribution in [0.3, 0.4) is 0 Å². The number of carbonyl (C=O) groups is 1. The zero-order chi connectivity index (χ0) is 15.9. The molecule has 0 fully saturated rings. The Morgan fingerprint density at radius 2 is 1.70 bits per heavy atom. The first kappa shape index (κ1) is 14.7. The number of ether oxygens (including phenoxy) is 2. The van der Waals surface area contributed by atoms with Crippen molar-refractivity contribution in [1.82, 2.24) is 20.2 Å². The Hall–Kier alpha value is -3.22. The molecule has 0 N–H and O–H groups in total. The summed E-state index contributed by atoms with van der Waals surface area (Å²) in [4.78, 5) is 11.7. The number of aromatic nitrogens is 4. The van der Waals surface area contributed by atoms with Crippen LogP contribution in [0, 0.1) is 0 Å². The van der Waals surface area contributed by atoms with Crippen molar-refractivity contribution in [2.45, 2.75) is 6.61 Å². The fourth-order valence-electron chi connectivity index (χ4n) is 1.91. The summed E-state index contributed by atoms with van der Waals surface area (Å²) in [5, 5.41) is 11.4. The molecule has 0 radical (unpaired) electrons. The van der Waals surface area contributed by atoms with Crippen LogP contribution in [0.2, 0.25) is 0 Å². The number of tetrazole rings is 1. The van der Waals surface area contributed by atoms with Crippen LogP contribution in [0.4, 0.5) is 0 Å². The molecule has 1 heterocycles. The van der Waals surface area contributed by atoms with E-state index in [9.17, 15) is 4.79 Å². The van der Waals surface area contributed by atoms with Gasteiger partial charge in [0.2, 0.25) is 0 Å². The number of hydrogen-bond donors (Lipinski definition) is 0. The molecule has 0 amide bonds. The van der Waals surface area contributed by atoms with Gasteiger partial charge in [0.15, 0.2) is 19.0 Å². The lowest BCUT2D eigenvalue weighted by molar-refractivity contribution is -0.147. The molecule has 3 aromatic rings. The topological polar surface area (TPSA) is 79.1 Å². The highest BCUT2D eigenvalue weighted by molar-refractivity contribution is 5.71. The van der Waals surface area contributed by atoms with Crippen molar-refractivity contribution in [2.75, 3.05) is 6.61 Å². The van der Waals surface area contributed by atoms with Gasteiger partial charge in [-0.1, -0.05) is 36.4 Å². The summed E-state index contributed by atoms with van der Waals surface area (Å²) in [6.07, 6.45) is 0. The molecule has 0 spiro atoms. The summed E-state index contributed by atoms with van der Waals surface area (Å²) in [6.45, 7) is -0.199. The Labute approximate surface area is 132 Å². The largest absolute Gasteiger partial charge is 0.482 e. The molecule has 7 nitrogen and oxygen atoms in total. The van der Waals surface area contributed by atoms with Gasteiger partial charge in [0.25, 0.3) is 0 Å². The van der Waals surface area contributed by atoms with E-state index in [1.807, 2.05) is 48.5 Å². The molecule has 3 rings (SSSR count). The predicted molar refractivity (Wildman–Crippen MR) is 80.9 cm³/mol. The van der Waals surface area contributed by atoms with E-state index in [4.69, 9.17) is 9.47 Å². The Kier molecular flexibility index (Phi) is 4.58. The zero-order valence-electron chi connectivity index (χ0n) is 12.2. The number of nitrogens with zero attached hydrogens (tertiary/aromatic N) is 4. The van der Waals surface area contributed by atoms with Gasteiger partial charge >= 0.3 is 5.97 Å². The first-order valence-electron chi connectivity index (χ1n) is 6.99. The molecule has 23 heavy (non-hydrogen) atoms. The van der Waals surface area contributed by atoms with Crippen LogP contribution in [0.15, 0.2) is 60.7 Å². The lowest BCUT2D eigenvalue weighted by Crippen LogP contribution is -2.16. The molecule has 116 valence electrons. The van der Waals surface area contributed by atoms with Crippen molar-refractivity contribution in [2.24, 2.45) is 0 Å². The fourth-order valence-corrected chi connectivity index (χ4v) is 1.91. The van der Waals surface area contributed by atoms with Gasteiger partial charge in [-0.25, -0.2) is 4.79 Å². The van der Waals surface area contributed by atoms with Gasteiger partial charge in [0.1, 0.15) is 5.75 Å². The molecule has 0 atom stereocenters. The summed E-state index contributed by atoms with van der Waals surface area (Å²) >= 11 is 0. The second-order valence-electron chi connectivity index (χ2n) is 4.60. The predicted octanol–water partition coefficient (Wildman–Crippen LogP) is 1.78. The zero-order valence-corrected chi connectivity index (χ0v) is 12.2. The van der Waals surface area contributed by atoms with Gasteiger partial charge in [-0.3, -0.25) is 0 Å². The SMILES string of the molecule is O=C(COc1ccccc1)OCc1nnnn1-c1ccccc1. The number of hydrogen-bond acceptors (Lipinski definition) is 6. The number of esters is 1. The number of benzene rings is 2. The minimum Gasteiger partial charge on any atom is -0.482 e. The van der Waals surface area contributed by atoms with Gasteiger partial charge in [0.05, 0.1) is 5.69 Å². The van der Waals surface area contributed by atoms with Crippen molar-refractivity contribution in [3.8, 4) is 11.4 Å². The second kappa shape index (κ2) is 7.17. The molecule has 0 unspecified atom stereocenters. The minimum absolute atomic E-state index is 0.0289. The monoisotopic (exact) mass is 310 g/mol. The van der Waals surface area contributed by atoms with Crippen molar-refractivity contribution in [3.05, 3.63) is 66.5 Å². The average molecular weight is 310 g/mol. The number of rotatable bonds is 6. The molecule has 0 aliphatic carbocycles. The highest BCUT2D eigenvalue weighted by atomic mass is 16.6. The standard InChI is InChI=1S/C16H14N4O3/c21-16(12-22-14-9-5-2-6-10-14)23-11-15-17-18-19-20(15)13-7-3-1-4-8-13/h1-10H,11-12H2. The lowest BCUT2D eigenvalue weighted by atomic mass is 10.3. The van der Waals surface area contributed by atoms with E-state index in [1.165, 1.54) is 4.68 Å².